The van der Waals surface area contributed by atoms with Gasteiger partial charge in [-0.2, -0.15) is 4.31 Å². The van der Waals surface area contributed by atoms with Crippen LogP contribution >= 0.6 is 22.9 Å². The van der Waals surface area contributed by atoms with E-state index in [0.717, 1.165) is 26.3 Å². The first kappa shape index (κ1) is 21.0. The molecule has 2 aromatic rings. The summed E-state index contributed by atoms with van der Waals surface area (Å²) in [6.07, 6.45) is 1.08. The third kappa shape index (κ3) is 5.14. The van der Waals surface area contributed by atoms with Gasteiger partial charge in [-0.3, -0.25) is 9.69 Å². The lowest BCUT2D eigenvalue weighted by atomic mass is 10.2. The van der Waals surface area contributed by atoms with Crippen molar-refractivity contribution in [3.63, 3.8) is 0 Å². The Morgan fingerprint density at radius 3 is 2.46 bits per heavy atom. The number of carbonyl (C=O) groups excluding carboxylic acids is 1. The van der Waals surface area contributed by atoms with Crippen LogP contribution in [0, 0.1) is 6.92 Å². The molecule has 7 nitrogen and oxygen atoms in total. The highest BCUT2D eigenvalue weighted by atomic mass is 35.5. The van der Waals surface area contributed by atoms with Gasteiger partial charge in [0.1, 0.15) is 0 Å². The normalized spacial score (nSPS) is 12.3. The van der Waals surface area contributed by atoms with Crippen LogP contribution in [0.2, 0.25) is 5.02 Å². The molecule has 26 heavy (non-hydrogen) atoms. The van der Waals surface area contributed by atoms with E-state index in [1.165, 1.54) is 18.4 Å². The quantitative estimate of drug-likeness (QED) is 0.687. The Morgan fingerprint density at radius 2 is 1.88 bits per heavy atom. The molecule has 0 radical (unpaired) electrons. The van der Waals surface area contributed by atoms with Crippen LogP contribution in [0.25, 0.3) is 10.2 Å². The summed E-state index contributed by atoms with van der Waals surface area (Å²) in [7, 11) is 1.77. The number of hydrogen-bond donors (Lipinski definition) is 0. The van der Waals surface area contributed by atoms with Crippen LogP contribution < -0.4 is 4.90 Å². The zero-order valence-corrected chi connectivity index (χ0v) is 17.9. The Morgan fingerprint density at radius 1 is 1.23 bits per heavy atom. The van der Waals surface area contributed by atoms with Gasteiger partial charge in [0, 0.05) is 25.2 Å². The summed E-state index contributed by atoms with van der Waals surface area (Å²) in [4.78, 5) is 20.9. The molecule has 1 amide bonds. The smallest absolute Gasteiger partial charge is 0.244 e. The van der Waals surface area contributed by atoms with Crippen molar-refractivity contribution in [1.29, 1.82) is 0 Å². The molecular weight excluding hydrogens is 396 g/mol. The summed E-state index contributed by atoms with van der Waals surface area (Å²) in [5.74, 6) is -0.317. The van der Waals surface area contributed by atoms with E-state index >= 15 is 0 Å². The van der Waals surface area contributed by atoms with Gasteiger partial charge >= 0.3 is 0 Å². The third-order valence-electron chi connectivity index (χ3n) is 3.87. The molecule has 0 saturated carbocycles. The van der Waals surface area contributed by atoms with Crippen molar-refractivity contribution in [3.05, 3.63) is 22.7 Å². The molecule has 144 valence electrons. The first-order valence-electron chi connectivity index (χ1n) is 7.92. The van der Waals surface area contributed by atoms with E-state index in [1.807, 2.05) is 38.1 Å². The van der Waals surface area contributed by atoms with Gasteiger partial charge in [0.2, 0.25) is 15.9 Å². The topological polar surface area (TPSA) is 73.8 Å². The Balaban J connectivity index is 2.38. The Hall–Kier alpha value is -1.26. The molecule has 0 fully saturated rings. The van der Waals surface area contributed by atoms with Crippen LogP contribution in [0.3, 0.4) is 0 Å². The number of aromatic nitrogens is 1. The van der Waals surface area contributed by atoms with E-state index in [-0.39, 0.29) is 12.5 Å². The second-order valence-electron chi connectivity index (χ2n) is 6.43. The molecule has 1 aromatic heterocycles. The van der Waals surface area contributed by atoms with Gasteiger partial charge in [-0.25, -0.2) is 13.4 Å². The van der Waals surface area contributed by atoms with Crippen molar-refractivity contribution in [1.82, 2.24) is 14.2 Å². The number of rotatable bonds is 7. The number of aryl methyl sites for hydroxylation is 1. The molecule has 0 aliphatic heterocycles. The summed E-state index contributed by atoms with van der Waals surface area (Å²) >= 11 is 7.49. The number of anilines is 1. The lowest BCUT2D eigenvalue weighted by Gasteiger charge is -2.24. The molecule has 0 aliphatic rings. The Kier molecular flexibility index (Phi) is 6.62. The highest BCUT2D eigenvalue weighted by Crippen LogP contribution is 2.33. The zero-order chi connectivity index (χ0) is 19.6. The van der Waals surface area contributed by atoms with Gasteiger partial charge in [0.25, 0.3) is 0 Å². The fourth-order valence-electron chi connectivity index (χ4n) is 2.28. The first-order chi connectivity index (χ1) is 12.0. The predicted octanol–water partition coefficient (Wildman–Crippen LogP) is 2.04. The molecule has 2 rings (SSSR count). The lowest BCUT2D eigenvalue weighted by molar-refractivity contribution is -0.118. The van der Waals surface area contributed by atoms with Gasteiger partial charge in [-0.15, -0.1) is 0 Å². The van der Waals surface area contributed by atoms with Crippen molar-refractivity contribution >= 4 is 54.2 Å². The average molecular weight is 419 g/mol. The molecule has 0 atom stereocenters. The maximum absolute atomic E-state index is 12.8. The number of halogens is 1. The standard InChI is InChI=1S/C16H23ClN4O3S2/c1-11-8-12(17)9-13-15(11)18-16(25-13)21(7-6-19(2)3)14(22)10-20(4)26(5,23)24/h8-9H,6-7,10H2,1-5H3. The van der Waals surface area contributed by atoms with E-state index in [2.05, 4.69) is 4.98 Å². The van der Waals surface area contributed by atoms with E-state index < -0.39 is 10.0 Å². The van der Waals surface area contributed by atoms with Crippen molar-refractivity contribution in [2.75, 3.05) is 51.9 Å². The molecule has 0 unspecified atom stereocenters. The third-order valence-corrected chi connectivity index (χ3v) is 6.37. The highest BCUT2D eigenvalue weighted by molar-refractivity contribution is 7.88. The number of fused-ring (bicyclic) bond motifs is 1. The molecular formula is C16H23ClN4O3S2. The molecule has 0 bridgehead atoms. The van der Waals surface area contributed by atoms with Gasteiger partial charge in [0.05, 0.1) is 23.0 Å². The predicted molar refractivity (Wildman–Crippen MR) is 108 cm³/mol. The van der Waals surface area contributed by atoms with Crippen LogP contribution in [-0.2, 0) is 14.8 Å². The zero-order valence-electron chi connectivity index (χ0n) is 15.5. The van der Waals surface area contributed by atoms with E-state index in [1.54, 1.807) is 4.90 Å². The monoisotopic (exact) mass is 418 g/mol. The lowest BCUT2D eigenvalue weighted by Crippen LogP contribution is -2.43. The van der Waals surface area contributed by atoms with Gasteiger partial charge in [-0.1, -0.05) is 22.9 Å². The fourth-order valence-corrected chi connectivity index (χ4v) is 4.09. The number of amides is 1. The van der Waals surface area contributed by atoms with Gasteiger partial charge in [0.15, 0.2) is 5.13 Å². The van der Waals surface area contributed by atoms with E-state index in [4.69, 9.17) is 11.6 Å². The molecule has 0 spiro atoms. The second-order valence-corrected chi connectivity index (χ2v) is 9.97. The van der Waals surface area contributed by atoms with Crippen molar-refractivity contribution in [2.45, 2.75) is 6.92 Å². The Labute approximate surface area is 163 Å². The van der Waals surface area contributed by atoms with Gasteiger partial charge < -0.3 is 4.90 Å². The van der Waals surface area contributed by atoms with Crippen LogP contribution in [0.4, 0.5) is 5.13 Å². The second kappa shape index (κ2) is 8.18. The summed E-state index contributed by atoms with van der Waals surface area (Å²) < 4.78 is 25.2. The van der Waals surface area contributed by atoms with Crippen molar-refractivity contribution in [2.24, 2.45) is 0 Å². The van der Waals surface area contributed by atoms with Crippen LogP contribution in [0.15, 0.2) is 12.1 Å². The van der Waals surface area contributed by atoms with Crippen LogP contribution in [0.5, 0.6) is 0 Å². The van der Waals surface area contributed by atoms with Crippen LogP contribution in [0.1, 0.15) is 5.56 Å². The largest absolute Gasteiger partial charge is 0.308 e. The molecule has 0 aliphatic carbocycles. The molecule has 0 N–H and O–H groups in total. The number of nitrogens with zero attached hydrogens (tertiary/aromatic N) is 4. The number of carbonyl (C=O) groups is 1. The van der Waals surface area contributed by atoms with E-state index in [0.29, 0.717) is 23.2 Å². The van der Waals surface area contributed by atoms with Crippen LogP contribution in [-0.4, -0.2) is 75.5 Å². The molecule has 10 heteroatoms. The minimum atomic E-state index is -3.44. The average Bonchev–Trinajstić information content (AvgIpc) is 2.89. The van der Waals surface area contributed by atoms with Crippen molar-refractivity contribution < 1.29 is 13.2 Å². The number of benzene rings is 1. The highest BCUT2D eigenvalue weighted by Gasteiger charge is 2.24. The fraction of sp³-hybridized carbons (Fsp3) is 0.500. The van der Waals surface area contributed by atoms with Crippen molar-refractivity contribution in [3.8, 4) is 0 Å². The summed E-state index contributed by atoms with van der Waals surface area (Å²) in [6, 6.07) is 3.65. The molecule has 1 heterocycles. The van der Waals surface area contributed by atoms with E-state index in [9.17, 15) is 13.2 Å². The number of sulfonamides is 1. The summed E-state index contributed by atoms with van der Waals surface area (Å²) in [6.45, 7) is 2.73. The minimum absolute atomic E-state index is 0.234. The first-order valence-corrected chi connectivity index (χ1v) is 11.0. The number of likely N-dealkylation sites (N-methyl/N-ethyl adjacent to an activating group) is 2. The maximum Gasteiger partial charge on any atom is 0.244 e. The Bertz CT molecular complexity index is 912. The number of hydrogen-bond acceptors (Lipinski definition) is 6. The molecule has 0 saturated heterocycles. The summed E-state index contributed by atoms with van der Waals surface area (Å²) in [5, 5.41) is 1.16. The SMILES string of the molecule is Cc1cc(Cl)cc2sc(N(CCN(C)C)C(=O)CN(C)S(C)(=O)=O)nc12. The van der Waals surface area contributed by atoms with Gasteiger partial charge in [-0.05, 0) is 38.7 Å². The maximum atomic E-state index is 12.8. The summed E-state index contributed by atoms with van der Waals surface area (Å²) in [5.41, 5.74) is 1.73. The minimum Gasteiger partial charge on any atom is -0.308 e. The molecule has 1 aromatic carbocycles. The number of thiazole rings is 1.